The molecule has 0 saturated carbocycles. The lowest BCUT2D eigenvalue weighted by atomic mass is 10.1. The molecule has 0 aliphatic rings. The van der Waals surface area contributed by atoms with E-state index in [2.05, 4.69) is 10.6 Å². The highest BCUT2D eigenvalue weighted by atomic mass is 16.2. The van der Waals surface area contributed by atoms with E-state index in [1.54, 1.807) is 50.5 Å². The van der Waals surface area contributed by atoms with Gasteiger partial charge in [-0.15, -0.1) is 0 Å². The van der Waals surface area contributed by atoms with Crippen molar-refractivity contribution in [2.45, 2.75) is 19.9 Å². The summed E-state index contributed by atoms with van der Waals surface area (Å²) in [4.78, 5) is 35.4. The van der Waals surface area contributed by atoms with Crippen molar-refractivity contribution < 1.29 is 9.59 Å². The van der Waals surface area contributed by atoms with Crippen LogP contribution in [0.4, 0.5) is 5.69 Å². The van der Waals surface area contributed by atoms with Crippen molar-refractivity contribution in [3.63, 3.8) is 0 Å². The van der Waals surface area contributed by atoms with Crippen LogP contribution >= 0.6 is 0 Å². The molecule has 0 saturated heterocycles. The van der Waals surface area contributed by atoms with E-state index >= 15 is 0 Å². The second-order valence-electron chi connectivity index (χ2n) is 5.09. The molecular formula is C17H19N3O3. The van der Waals surface area contributed by atoms with Crippen LogP contribution in [-0.4, -0.2) is 23.4 Å². The molecule has 120 valence electrons. The van der Waals surface area contributed by atoms with Crippen LogP contribution in [0.15, 0.2) is 47.4 Å². The van der Waals surface area contributed by atoms with E-state index in [0.29, 0.717) is 23.4 Å². The molecule has 1 heterocycles. The number of amides is 2. The molecule has 2 N–H and O–H groups in total. The first-order valence-corrected chi connectivity index (χ1v) is 7.30. The predicted molar refractivity (Wildman–Crippen MR) is 88.5 cm³/mol. The number of hydrogen-bond donors (Lipinski definition) is 2. The quantitative estimate of drug-likeness (QED) is 0.879. The Morgan fingerprint density at radius 2 is 1.91 bits per heavy atom. The molecule has 0 aliphatic carbocycles. The summed E-state index contributed by atoms with van der Waals surface area (Å²) in [5.74, 6) is -0.410. The summed E-state index contributed by atoms with van der Waals surface area (Å²) in [5, 5.41) is 5.35. The molecule has 23 heavy (non-hydrogen) atoms. The monoisotopic (exact) mass is 313 g/mol. The summed E-state index contributed by atoms with van der Waals surface area (Å²) in [5.41, 5.74) is 1.68. The number of benzene rings is 1. The third-order valence-corrected chi connectivity index (χ3v) is 3.56. The number of pyridine rings is 1. The molecule has 6 nitrogen and oxygen atoms in total. The van der Waals surface area contributed by atoms with E-state index in [-0.39, 0.29) is 23.8 Å². The highest BCUT2D eigenvalue weighted by molar-refractivity contribution is 5.99. The Balaban J connectivity index is 2.05. The molecule has 0 fully saturated rings. The summed E-state index contributed by atoms with van der Waals surface area (Å²) in [6.07, 6.45) is 1.82. The first-order chi connectivity index (χ1) is 11.0. The first kappa shape index (κ1) is 16.5. The number of rotatable bonds is 5. The van der Waals surface area contributed by atoms with Gasteiger partial charge in [0.05, 0.1) is 0 Å². The minimum atomic E-state index is -0.210. The lowest BCUT2D eigenvalue weighted by molar-refractivity contribution is -0.116. The van der Waals surface area contributed by atoms with Crippen molar-refractivity contribution in [3.05, 3.63) is 64.1 Å². The Kier molecular flexibility index (Phi) is 5.30. The van der Waals surface area contributed by atoms with Gasteiger partial charge in [0.15, 0.2) is 0 Å². The molecule has 1 aromatic carbocycles. The number of carbonyl (C=O) groups is 2. The Morgan fingerprint density at radius 3 is 2.61 bits per heavy atom. The van der Waals surface area contributed by atoms with E-state index in [1.165, 1.54) is 10.6 Å². The zero-order valence-electron chi connectivity index (χ0n) is 13.1. The number of nitrogens with zero attached hydrogens (tertiary/aromatic N) is 1. The molecule has 2 aromatic rings. The van der Waals surface area contributed by atoms with E-state index in [9.17, 15) is 14.4 Å². The summed E-state index contributed by atoms with van der Waals surface area (Å²) in [7, 11) is 1.56. The third-order valence-electron chi connectivity index (χ3n) is 3.56. The summed E-state index contributed by atoms with van der Waals surface area (Å²) in [6.45, 7) is 2.08. The van der Waals surface area contributed by atoms with Crippen LogP contribution in [0.2, 0.25) is 0 Å². The van der Waals surface area contributed by atoms with E-state index in [0.717, 1.165) is 0 Å². The molecule has 0 aliphatic heterocycles. The zero-order chi connectivity index (χ0) is 16.8. The topological polar surface area (TPSA) is 80.2 Å². The van der Waals surface area contributed by atoms with Gasteiger partial charge in [0.25, 0.3) is 11.5 Å². The fraction of sp³-hybridized carbons (Fsp3) is 0.235. The van der Waals surface area contributed by atoms with Crippen molar-refractivity contribution in [1.29, 1.82) is 0 Å². The fourth-order valence-electron chi connectivity index (χ4n) is 2.23. The SMILES string of the molecule is CNC(=O)c1cccc(NC(=O)CCn2ccccc2=O)c1C. The highest BCUT2D eigenvalue weighted by Crippen LogP contribution is 2.19. The lowest BCUT2D eigenvalue weighted by Gasteiger charge is -2.12. The highest BCUT2D eigenvalue weighted by Gasteiger charge is 2.12. The van der Waals surface area contributed by atoms with Gasteiger partial charge in [0.2, 0.25) is 5.91 Å². The van der Waals surface area contributed by atoms with E-state index in [1.807, 2.05) is 0 Å². The van der Waals surface area contributed by atoms with Crippen LogP contribution in [0.1, 0.15) is 22.3 Å². The van der Waals surface area contributed by atoms with E-state index in [4.69, 9.17) is 0 Å². The maximum Gasteiger partial charge on any atom is 0.251 e. The smallest absolute Gasteiger partial charge is 0.251 e. The van der Waals surface area contributed by atoms with Gasteiger partial charge in [0, 0.05) is 43.5 Å². The maximum atomic E-state index is 12.1. The molecule has 0 unspecified atom stereocenters. The second kappa shape index (κ2) is 7.40. The Hall–Kier alpha value is -2.89. The van der Waals surface area contributed by atoms with Gasteiger partial charge in [-0.1, -0.05) is 12.1 Å². The van der Waals surface area contributed by atoms with Crippen molar-refractivity contribution >= 4 is 17.5 Å². The van der Waals surface area contributed by atoms with E-state index < -0.39 is 0 Å². The zero-order valence-corrected chi connectivity index (χ0v) is 13.1. The van der Waals surface area contributed by atoms with Crippen molar-refractivity contribution in [1.82, 2.24) is 9.88 Å². The van der Waals surface area contributed by atoms with Crippen LogP contribution in [0, 0.1) is 6.92 Å². The first-order valence-electron chi connectivity index (χ1n) is 7.30. The summed E-state index contributed by atoms with van der Waals surface area (Å²) >= 11 is 0. The van der Waals surface area contributed by atoms with Gasteiger partial charge in [-0.2, -0.15) is 0 Å². The molecule has 0 bridgehead atoms. The lowest BCUT2D eigenvalue weighted by Crippen LogP contribution is -2.23. The number of anilines is 1. The number of aryl methyl sites for hydroxylation is 1. The maximum absolute atomic E-state index is 12.1. The molecule has 0 atom stereocenters. The van der Waals surface area contributed by atoms with Crippen LogP contribution in [0.3, 0.4) is 0 Å². The van der Waals surface area contributed by atoms with Crippen LogP contribution in [0.5, 0.6) is 0 Å². The van der Waals surface area contributed by atoms with Gasteiger partial charge in [0.1, 0.15) is 0 Å². The van der Waals surface area contributed by atoms with Gasteiger partial charge in [-0.05, 0) is 30.7 Å². The normalized spacial score (nSPS) is 10.2. The van der Waals surface area contributed by atoms with Gasteiger partial charge in [-0.25, -0.2) is 0 Å². The average molecular weight is 313 g/mol. The van der Waals surface area contributed by atoms with Crippen LogP contribution in [-0.2, 0) is 11.3 Å². The molecule has 0 spiro atoms. The fourth-order valence-corrected chi connectivity index (χ4v) is 2.23. The third kappa shape index (κ3) is 4.06. The van der Waals surface area contributed by atoms with Crippen molar-refractivity contribution in [2.75, 3.05) is 12.4 Å². The number of aromatic nitrogens is 1. The number of nitrogens with one attached hydrogen (secondary N) is 2. The Morgan fingerprint density at radius 1 is 1.13 bits per heavy atom. The van der Waals surface area contributed by atoms with Crippen molar-refractivity contribution in [2.24, 2.45) is 0 Å². The van der Waals surface area contributed by atoms with Crippen LogP contribution < -0.4 is 16.2 Å². The summed E-state index contributed by atoms with van der Waals surface area (Å²) < 4.78 is 1.48. The molecular weight excluding hydrogens is 294 g/mol. The van der Waals surface area contributed by atoms with Gasteiger partial charge >= 0.3 is 0 Å². The Bertz CT molecular complexity index is 781. The minimum Gasteiger partial charge on any atom is -0.355 e. The minimum absolute atomic E-state index is 0.141. The molecule has 0 radical (unpaired) electrons. The number of carbonyl (C=O) groups excluding carboxylic acids is 2. The largest absolute Gasteiger partial charge is 0.355 e. The standard InChI is InChI=1S/C17H19N3O3/c1-12-13(17(23)18-2)6-5-7-14(12)19-15(21)9-11-20-10-4-3-8-16(20)22/h3-8,10H,9,11H2,1-2H3,(H,18,23)(H,19,21). The molecule has 2 amide bonds. The molecule has 1 aromatic heterocycles. The molecule has 2 rings (SSSR count). The molecule has 6 heteroatoms. The average Bonchev–Trinajstić information content (AvgIpc) is 2.55. The Labute approximate surface area is 134 Å². The predicted octanol–water partition coefficient (Wildman–Crippen LogP) is 1.55. The van der Waals surface area contributed by atoms with Crippen molar-refractivity contribution in [3.8, 4) is 0 Å². The van der Waals surface area contributed by atoms with Crippen LogP contribution in [0.25, 0.3) is 0 Å². The van der Waals surface area contributed by atoms with Gasteiger partial charge < -0.3 is 15.2 Å². The second-order valence-corrected chi connectivity index (χ2v) is 5.09. The number of hydrogen-bond acceptors (Lipinski definition) is 3. The van der Waals surface area contributed by atoms with Gasteiger partial charge in [-0.3, -0.25) is 14.4 Å². The summed E-state index contributed by atoms with van der Waals surface area (Å²) in [6, 6.07) is 10.0.